The van der Waals surface area contributed by atoms with Crippen molar-refractivity contribution in [1.29, 1.82) is 0 Å². The molecule has 1 saturated carbocycles. The Morgan fingerprint density at radius 2 is 1.67 bits per heavy atom. The second-order valence-corrected chi connectivity index (χ2v) is 7.28. The number of nitrogens with one attached hydrogen (secondary N) is 1. The highest BCUT2D eigenvalue weighted by atomic mass is 16.2. The van der Waals surface area contributed by atoms with Crippen LogP contribution in [0.3, 0.4) is 0 Å². The summed E-state index contributed by atoms with van der Waals surface area (Å²) in [6, 6.07) is 0.882. The Hall–Kier alpha value is -0.610. The Kier molecular flexibility index (Phi) is 5.17. The molecule has 0 bridgehead atoms. The average molecular weight is 293 g/mol. The van der Waals surface area contributed by atoms with Gasteiger partial charge < -0.3 is 10.2 Å². The summed E-state index contributed by atoms with van der Waals surface area (Å²) in [5, 5.41) is 3.39. The molecule has 120 valence electrons. The number of hydrogen-bond acceptors (Lipinski definition) is 3. The SMILES string of the molecule is CC1CCC(N2CCN(C(=O)[C@H]3CCCCN3)CC2)CC1. The largest absolute Gasteiger partial charge is 0.339 e. The molecule has 21 heavy (non-hydrogen) atoms. The zero-order valence-electron chi connectivity index (χ0n) is 13.5. The number of carbonyl (C=O) groups excluding carboxylic acids is 1. The van der Waals surface area contributed by atoms with E-state index >= 15 is 0 Å². The summed E-state index contributed by atoms with van der Waals surface area (Å²) in [6.45, 7) is 7.42. The van der Waals surface area contributed by atoms with Crippen molar-refractivity contribution in [2.45, 2.75) is 64.0 Å². The Morgan fingerprint density at radius 3 is 2.29 bits per heavy atom. The maximum Gasteiger partial charge on any atom is 0.239 e. The first-order valence-electron chi connectivity index (χ1n) is 9.00. The first-order chi connectivity index (χ1) is 10.2. The Morgan fingerprint density at radius 1 is 0.952 bits per heavy atom. The van der Waals surface area contributed by atoms with Gasteiger partial charge in [0.2, 0.25) is 5.91 Å². The zero-order chi connectivity index (χ0) is 14.7. The summed E-state index contributed by atoms with van der Waals surface area (Å²) in [6.07, 6.45) is 8.94. The van der Waals surface area contributed by atoms with E-state index in [-0.39, 0.29) is 6.04 Å². The minimum absolute atomic E-state index is 0.0980. The molecule has 4 nitrogen and oxygen atoms in total. The maximum absolute atomic E-state index is 12.5. The van der Waals surface area contributed by atoms with Crippen LogP contribution in [0.15, 0.2) is 0 Å². The van der Waals surface area contributed by atoms with Crippen LogP contribution >= 0.6 is 0 Å². The molecule has 0 aromatic heterocycles. The fourth-order valence-corrected chi connectivity index (χ4v) is 4.20. The third kappa shape index (κ3) is 3.78. The average Bonchev–Trinajstić information content (AvgIpc) is 2.56. The molecule has 0 radical (unpaired) electrons. The standard InChI is InChI=1S/C17H31N3O/c1-14-5-7-15(8-6-14)19-10-12-20(13-11-19)17(21)16-4-2-3-9-18-16/h14-16,18H,2-13H2,1H3/t14?,15?,16-/m1/s1. The normalized spacial score (nSPS) is 35.7. The topological polar surface area (TPSA) is 35.6 Å². The first kappa shape index (κ1) is 15.3. The summed E-state index contributed by atoms with van der Waals surface area (Å²) >= 11 is 0. The number of piperazine rings is 1. The monoisotopic (exact) mass is 293 g/mol. The van der Waals surface area contributed by atoms with Crippen LogP contribution in [0.4, 0.5) is 0 Å². The van der Waals surface area contributed by atoms with Crippen molar-refractivity contribution >= 4 is 5.91 Å². The van der Waals surface area contributed by atoms with E-state index in [0.29, 0.717) is 5.91 Å². The smallest absolute Gasteiger partial charge is 0.239 e. The van der Waals surface area contributed by atoms with Crippen molar-refractivity contribution in [2.75, 3.05) is 32.7 Å². The molecule has 3 fully saturated rings. The molecule has 3 aliphatic rings. The third-order valence-electron chi connectivity index (χ3n) is 5.74. The molecule has 1 atom stereocenters. The number of nitrogens with zero attached hydrogens (tertiary/aromatic N) is 2. The van der Waals surface area contributed by atoms with Crippen LogP contribution in [0.2, 0.25) is 0 Å². The maximum atomic E-state index is 12.5. The molecule has 1 N–H and O–H groups in total. The van der Waals surface area contributed by atoms with E-state index < -0.39 is 0 Å². The van der Waals surface area contributed by atoms with Gasteiger partial charge in [-0.05, 0) is 51.0 Å². The van der Waals surface area contributed by atoms with Gasteiger partial charge in [-0.1, -0.05) is 13.3 Å². The van der Waals surface area contributed by atoms with Gasteiger partial charge in [0.25, 0.3) is 0 Å². The molecule has 4 heteroatoms. The quantitative estimate of drug-likeness (QED) is 0.844. The highest BCUT2D eigenvalue weighted by Gasteiger charge is 2.31. The number of piperidine rings is 1. The van der Waals surface area contributed by atoms with Gasteiger partial charge in [0.05, 0.1) is 6.04 Å². The minimum Gasteiger partial charge on any atom is -0.339 e. The summed E-state index contributed by atoms with van der Waals surface area (Å²) in [4.78, 5) is 17.3. The van der Waals surface area contributed by atoms with E-state index in [1.54, 1.807) is 0 Å². The van der Waals surface area contributed by atoms with E-state index in [9.17, 15) is 4.79 Å². The molecular formula is C17H31N3O. The lowest BCUT2D eigenvalue weighted by atomic mass is 9.86. The Balaban J connectivity index is 1.45. The van der Waals surface area contributed by atoms with Crippen LogP contribution in [0.1, 0.15) is 51.9 Å². The first-order valence-corrected chi connectivity index (χ1v) is 9.00. The summed E-state index contributed by atoms with van der Waals surface area (Å²) in [7, 11) is 0. The van der Waals surface area contributed by atoms with Gasteiger partial charge >= 0.3 is 0 Å². The molecule has 0 spiro atoms. The van der Waals surface area contributed by atoms with Gasteiger partial charge in [-0.15, -0.1) is 0 Å². The Bertz CT molecular complexity index is 338. The molecule has 2 heterocycles. The summed E-state index contributed by atoms with van der Waals surface area (Å²) in [5.74, 6) is 1.27. The second kappa shape index (κ2) is 7.10. The lowest BCUT2D eigenvalue weighted by Crippen LogP contribution is -2.56. The molecule has 3 rings (SSSR count). The molecule has 0 unspecified atom stereocenters. The fourth-order valence-electron chi connectivity index (χ4n) is 4.20. The van der Waals surface area contributed by atoms with Crippen molar-refractivity contribution in [3.8, 4) is 0 Å². The van der Waals surface area contributed by atoms with Crippen molar-refractivity contribution in [3.63, 3.8) is 0 Å². The van der Waals surface area contributed by atoms with Gasteiger partial charge in [0, 0.05) is 32.2 Å². The molecular weight excluding hydrogens is 262 g/mol. The van der Waals surface area contributed by atoms with Crippen molar-refractivity contribution < 1.29 is 4.79 Å². The van der Waals surface area contributed by atoms with E-state index in [2.05, 4.69) is 22.0 Å². The molecule has 1 aliphatic carbocycles. The fraction of sp³-hybridized carbons (Fsp3) is 0.941. The number of carbonyl (C=O) groups is 1. The molecule has 0 aromatic carbocycles. The molecule has 2 aliphatic heterocycles. The van der Waals surface area contributed by atoms with Gasteiger partial charge in [0.1, 0.15) is 0 Å². The van der Waals surface area contributed by atoms with E-state index in [1.807, 2.05) is 0 Å². The van der Waals surface area contributed by atoms with Gasteiger partial charge in [-0.3, -0.25) is 9.69 Å². The Labute approximate surface area is 129 Å². The predicted octanol–water partition coefficient (Wildman–Crippen LogP) is 1.85. The summed E-state index contributed by atoms with van der Waals surface area (Å²) < 4.78 is 0. The highest BCUT2D eigenvalue weighted by molar-refractivity contribution is 5.82. The molecule has 0 aromatic rings. The van der Waals surface area contributed by atoms with E-state index in [0.717, 1.165) is 51.1 Å². The van der Waals surface area contributed by atoms with Crippen LogP contribution in [0.25, 0.3) is 0 Å². The predicted molar refractivity (Wildman–Crippen MR) is 85.2 cm³/mol. The van der Waals surface area contributed by atoms with Crippen LogP contribution < -0.4 is 5.32 Å². The second-order valence-electron chi connectivity index (χ2n) is 7.28. The number of hydrogen-bond donors (Lipinski definition) is 1. The van der Waals surface area contributed by atoms with E-state index in [4.69, 9.17) is 0 Å². The molecule has 1 amide bonds. The number of amides is 1. The van der Waals surface area contributed by atoms with Gasteiger partial charge in [-0.25, -0.2) is 0 Å². The van der Waals surface area contributed by atoms with Crippen LogP contribution in [0.5, 0.6) is 0 Å². The van der Waals surface area contributed by atoms with Gasteiger partial charge in [-0.2, -0.15) is 0 Å². The summed E-state index contributed by atoms with van der Waals surface area (Å²) in [5.41, 5.74) is 0. The lowest BCUT2D eigenvalue weighted by Gasteiger charge is -2.42. The van der Waals surface area contributed by atoms with Crippen molar-refractivity contribution in [1.82, 2.24) is 15.1 Å². The van der Waals surface area contributed by atoms with E-state index in [1.165, 1.54) is 38.5 Å². The lowest BCUT2D eigenvalue weighted by molar-refractivity contribution is -0.136. The van der Waals surface area contributed by atoms with Crippen LogP contribution in [0, 0.1) is 5.92 Å². The number of rotatable bonds is 2. The van der Waals surface area contributed by atoms with Crippen LogP contribution in [-0.2, 0) is 4.79 Å². The van der Waals surface area contributed by atoms with Crippen LogP contribution in [-0.4, -0.2) is 60.5 Å². The van der Waals surface area contributed by atoms with Crippen molar-refractivity contribution in [2.24, 2.45) is 5.92 Å². The minimum atomic E-state index is 0.0980. The molecule has 2 saturated heterocycles. The zero-order valence-corrected chi connectivity index (χ0v) is 13.5. The van der Waals surface area contributed by atoms with Crippen molar-refractivity contribution in [3.05, 3.63) is 0 Å². The third-order valence-corrected chi connectivity index (χ3v) is 5.74. The highest BCUT2D eigenvalue weighted by Crippen LogP contribution is 2.27. The van der Waals surface area contributed by atoms with Gasteiger partial charge in [0.15, 0.2) is 0 Å².